The van der Waals surface area contributed by atoms with Gasteiger partial charge in [-0.2, -0.15) is 4.31 Å². The van der Waals surface area contributed by atoms with Crippen molar-refractivity contribution in [2.24, 2.45) is 0 Å². The summed E-state index contributed by atoms with van der Waals surface area (Å²) < 4.78 is 27.6. The first-order valence-electron chi connectivity index (χ1n) is 11.8. The van der Waals surface area contributed by atoms with E-state index in [9.17, 15) is 13.2 Å². The Bertz CT molecular complexity index is 1450. The van der Waals surface area contributed by atoms with Gasteiger partial charge in [0, 0.05) is 29.6 Å². The molecule has 1 saturated carbocycles. The maximum Gasteiger partial charge on any atom is 0.257 e. The molecule has 180 valence electrons. The van der Waals surface area contributed by atoms with Gasteiger partial charge in [-0.1, -0.05) is 61.7 Å². The van der Waals surface area contributed by atoms with Gasteiger partial charge in [0.1, 0.15) is 0 Å². The van der Waals surface area contributed by atoms with Crippen LogP contribution in [-0.2, 0) is 10.0 Å². The molecule has 35 heavy (non-hydrogen) atoms. The summed E-state index contributed by atoms with van der Waals surface area (Å²) in [5, 5.41) is 7.49. The van der Waals surface area contributed by atoms with Crippen LogP contribution in [0.3, 0.4) is 0 Å². The lowest BCUT2D eigenvalue weighted by molar-refractivity contribution is 0.102. The molecule has 0 bridgehead atoms. The minimum atomic E-state index is -3.59. The number of nitrogens with one attached hydrogen (secondary N) is 1. The second-order valence-corrected chi connectivity index (χ2v) is 11.7. The van der Waals surface area contributed by atoms with Crippen molar-refractivity contribution in [3.63, 3.8) is 0 Å². The summed E-state index contributed by atoms with van der Waals surface area (Å²) in [6.45, 7) is 0. The van der Waals surface area contributed by atoms with Crippen LogP contribution < -0.4 is 5.32 Å². The number of hydrogen-bond acceptors (Lipinski definition) is 5. The largest absolute Gasteiger partial charge is 0.298 e. The fraction of sp³-hybridized carbons (Fsp3) is 0.259. The van der Waals surface area contributed by atoms with Crippen molar-refractivity contribution in [1.82, 2.24) is 9.29 Å². The highest BCUT2D eigenvalue weighted by molar-refractivity contribution is 7.89. The maximum absolute atomic E-state index is 13.1. The average Bonchev–Trinajstić information content (AvgIpc) is 3.36. The summed E-state index contributed by atoms with van der Waals surface area (Å²) in [6, 6.07) is 20.4. The number of rotatable bonds is 6. The number of hydrogen-bond donors (Lipinski definition) is 1. The number of carbonyl (C=O) groups is 1. The van der Waals surface area contributed by atoms with E-state index < -0.39 is 10.0 Å². The third-order valence-corrected chi connectivity index (χ3v) is 9.35. The zero-order valence-electron chi connectivity index (χ0n) is 19.5. The molecule has 4 aromatic rings. The van der Waals surface area contributed by atoms with Crippen LogP contribution in [-0.4, -0.2) is 36.7 Å². The van der Waals surface area contributed by atoms with Crippen LogP contribution in [0.25, 0.3) is 22.0 Å². The first-order valence-corrected chi connectivity index (χ1v) is 14.1. The SMILES string of the molecule is CN(C1CCCCC1)S(=O)(=O)c1ccc(C(=O)Nc2nc(-c3cccc4ccccc34)cs2)cc1. The van der Waals surface area contributed by atoms with Crippen LogP contribution >= 0.6 is 11.3 Å². The van der Waals surface area contributed by atoms with Crippen molar-refractivity contribution >= 4 is 43.2 Å². The third kappa shape index (κ3) is 4.87. The van der Waals surface area contributed by atoms with E-state index in [0.717, 1.165) is 54.1 Å². The van der Waals surface area contributed by atoms with Crippen molar-refractivity contribution in [3.05, 3.63) is 77.7 Å². The van der Waals surface area contributed by atoms with Crippen LogP contribution in [0.1, 0.15) is 42.5 Å². The number of nitrogens with zero attached hydrogens (tertiary/aromatic N) is 2. The van der Waals surface area contributed by atoms with Gasteiger partial charge in [0.2, 0.25) is 10.0 Å². The third-order valence-electron chi connectivity index (χ3n) is 6.67. The monoisotopic (exact) mass is 505 g/mol. The molecule has 1 aliphatic rings. The summed E-state index contributed by atoms with van der Waals surface area (Å²) in [5.41, 5.74) is 2.19. The second kappa shape index (κ2) is 9.89. The van der Waals surface area contributed by atoms with Crippen molar-refractivity contribution in [2.75, 3.05) is 12.4 Å². The van der Waals surface area contributed by atoms with Gasteiger partial charge in [-0.3, -0.25) is 10.1 Å². The number of aromatic nitrogens is 1. The quantitative estimate of drug-likeness (QED) is 0.340. The number of fused-ring (bicyclic) bond motifs is 1. The lowest BCUT2D eigenvalue weighted by Crippen LogP contribution is -2.38. The number of anilines is 1. The van der Waals surface area contributed by atoms with Crippen LogP contribution in [0, 0.1) is 0 Å². The number of amides is 1. The molecule has 1 heterocycles. The zero-order chi connectivity index (χ0) is 24.4. The summed E-state index contributed by atoms with van der Waals surface area (Å²) >= 11 is 1.36. The van der Waals surface area contributed by atoms with Gasteiger partial charge in [-0.15, -0.1) is 11.3 Å². The molecule has 8 heteroatoms. The minimum absolute atomic E-state index is 0.0394. The topological polar surface area (TPSA) is 79.4 Å². The van der Waals surface area contributed by atoms with Gasteiger partial charge in [0.25, 0.3) is 5.91 Å². The molecule has 1 aromatic heterocycles. The first kappa shape index (κ1) is 23.7. The van der Waals surface area contributed by atoms with Gasteiger partial charge < -0.3 is 0 Å². The molecular formula is C27H27N3O3S2. The molecule has 0 unspecified atom stereocenters. The van der Waals surface area contributed by atoms with E-state index in [1.807, 2.05) is 29.6 Å². The molecular weight excluding hydrogens is 478 g/mol. The van der Waals surface area contributed by atoms with Gasteiger partial charge in [0.15, 0.2) is 5.13 Å². The molecule has 1 aliphatic carbocycles. The summed E-state index contributed by atoms with van der Waals surface area (Å²) in [6.07, 6.45) is 5.07. The van der Waals surface area contributed by atoms with E-state index in [2.05, 4.69) is 28.5 Å². The Balaban J connectivity index is 1.30. The fourth-order valence-corrected chi connectivity index (χ4v) is 6.78. The molecule has 0 aliphatic heterocycles. The van der Waals surface area contributed by atoms with Crippen LogP contribution in [0.4, 0.5) is 5.13 Å². The average molecular weight is 506 g/mol. The number of sulfonamides is 1. The highest BCUT2D eigenvalue weighted by atomic mass is 32.2. The van der Waals surface area contributed by atoms with E-state index in [4.69, 9.17) is 0 Å². The molecule has 5 rings (SSSR count). The number of carbonyl (C=O) groups excluding carboxylic acids is 1. The van der Waals surface area contributed by atoms with E-state index in [1.54, 1.807) is 19.2 Å². The van der Waals surface area contributed by atoms with Crippen molar-refractivity contribution in [3.8, 4) is 11.3 Å². The van der Waals surface area contributed by atoms with Gasteiger partial charge in [0.05, 0.1) is 10.6 Å². The van der Waals surface area contributed by atoms with Gasteiger partial charge in [-0.05, 0) is 47.9 Å². The molecule has 0 saturated heterocycles. The Kier molecular flexibility index (Phi) is 6.69. The maximum atomic E-state index is 13.1. The molecule has 0 radical (unpaired) electrons. The molecule has 1 fully saturated rings. The Morgan fingerprint density at radius 1 is 0.971 bits per heavy atom. The molecule has 6 nitrogen and oxygen atoms in total. The van der Waals surface area contributed by atoms with Crippen molar-refractivity contribution in [2.45, 2.75) is 43.0 Å². The summed E-state index contributed by atoms with van der Waals surface area (Å²) in [5.74, 6) is -0.326. The number of thiazole rings is 1. The predicted octanol–water partition coefficient (Wildman–Crippen LogP) is 6.17. The smallest absolute Gasteiger partial charge is 0.257 e. The van der Waals surface area contributed by atoms with E-state index >= 15 is 0 Å². The fourth-order valence-electron chi connectivity index (χ4n) is 4.66. The Labute approximate surface area is 209 Å². The van der Waals surface area contributed by atoms with Crippen molar-refractivity contribution in [1.29, 1.82) is 0 Å². The van der Waals surface area contributed by atoms with E-state index in [-0.39, 0.29) is 16.8 Å². The standard InChI is InChI=1S/C27H27N3O3S2/c1-30(21-10-3-2-4-11-21)35(32,33)22-16-14-20(15-17-22)26(31)29-27-28-25(18-34-27)24-13-7-9-19-8-5-6-12-23(19)24/h5-9,12-18,21H,2-4,10-11H2,1H3,(H,28,29,31). The highest BCUT2D eigenvalue weighted by Gasteiger charge is 2.29. The number of benzene rings is 3. The lowest BCUT2D eigenvalue weighted by Gasteiger charge is -2.30. The summed E-state index contributed by atoms with van der Waals surface area (Å²) in [7, 11) is -1.94. The Morgan fingerprint density at radius 3 is 2.46 bits per heavy atom. The Hall–Kier alpha value is -3.07. The first-order chi connectivity index (χ1) is 16.9. The van der Waals surface area contributed by atoms with E-state index in [0.29, 0.717) is 10.7 Å². The van der Waals surface area contributed by atoms with Crippen LogP contribution in [0.15, 0.2) is 77.0 Å². The second-order valence-electron chi connectivity index (χ2n) is 8.86. The van der Waals surface area contributed by atoms with Gasteiger partial charge >= 0.3 is 0 Å². The predicted molar refractivity (Wildman–Crippen MR) is 141 cm³/mol. The van der Waals surface area contributed by atoms with E-state index in [1.165, 1.54) is 27.8 Å². The van der Waals surface area contributed by atoms with Crippen molar-refractivity contribution < 1.29 is 13.2 Å². The molecule has 1 N–H and O–H groups in total. The lowest BCUT2D eigenvalue weighted by atomic mass is 9.96. The molecule has 0 atom stereocenters. The normalized spacial score (nSPS) is 14.9. The molecule has 3 aromatic carbocycles. The zero-order valence-corrected chi connectivity index (χ0v) is 21.1. The minimum Gasteiger partial charge on any atom is -0.298 e. The Morgan fingerprint density at radius 2 is 1.69 bits per heavy atom. The highest BCUT2D eigenvalue weighted by Crippen LogP contribution is 2.31. The molecule has 1 amide bonds. The summed E-state index contributed by atoms with van der Waals surface area (Å²) in [4.78, 5) is 17.6. The van der Waals surface area contributed by atoms with Gasteiger partial charge in [-0.25, -0.2) is 13.4 Å². The van der Waals surface area contributed by atoms with Crippen LogP contribution in [0.2, 0.25) is 0 Å². The van der Waals surface area contributed by atoms with Crippen LogP contribution in [0.5, 0.6) is 0 Å². The molecule has 0 spiro atoms.